The molecule has 0 aliphatic carbocycles. The Morgan fingerprint density at radius 2 is 1.95 bits per heavy atom. The van der Waals surface area contributed by atoms with Crippen molar-refractivity contribution in [2.24, 2.45) is 0 Å². The summed E-state index contributed by atoms with van der Waals surface area (Å²) in [6.45, 7) is 4.52. The second-order valence-corrected chi connectivity index (χ2v) is 5.97. The fourth-order valence-corrected chi connectivity index (χ4v) is 3.34. The molecule has 4 nitrogen and oxygen atoms in total. The molecule has 6 heteroatoms. The Morgan fingerprint density at radius 3 is 2.77 bits per heavy atom. The van der Waals surface area contributed by atoms with Crippen molar-refractivity contribution < 1.29 is 8.78 Å². The molecule has 0 fully saturated rings. The lowest BCUT2D eigenvalue weighted by Crippen LogP contribution is -2.31. The third kappa shape index (κ3) is 2.42. The Bertz CT molecular complexity index is 687. The number of nitrogens with one attached hydrogen (secondary N) is 1. The zero-order chi connectivity index (χ0) is 15.1. The number of rotatable bonds is 2. The highest BCUT2D eigenvalue weighted by Crippen LogP contribution is 2.25. The highest BCUT2D eigenvalue weighted by Gasteiger charge is 2.23. The van der Waals surface area contributed by atoms with Gasteiger partial charge in [-0.2, -0.15) is 5.10 Å². The van der Waals surface area contributed by atoms with Crippen molar-refractivity contribution in [3.8, 4) is 0 Å². The summed E-state index contributed by atoms with van der Waals surface area (Å²) in [6.07, 6.45) is 0.550. The van der Waals surface area contributed by atoms with Gasteiger partial charge in [0.2, 0.25) is 0 Å². The molecule has 0 atom stereocenters. The highest BCUT2D eigenvalue weighted by atomic mass is 19.1. The van der Waals surface area contributed by atoms with Gasteiger partial charge < -0.3 is 5.32 Å². The minimum Gasteiger partial charge on any atom is -0.309 e. The summed E-state index contributed by atoms with van der Waals surface area (Å²) in [7, 11) is 0. The van der Waals surface area contributed by atoms with Crippen molar-refractivity contribution in [2.45, 2.75) is 32.6 Å². The van der Waals surface area contributed by atoms with Crippen LogP contribution in [0.1, 0.15) is 22.5 Å². The van der Waals surface area contributed by atoms with E-state index >= 15 is 0 Å². The van der Waals surface area contributed by atoms with Crippen LogP contribution in [-0.4, -0.2) is 27.8 Å². The fourth-order valence-electron chi connectivity index (χ4n) is 3.34. The van der Waals surface area contributed by atoms with Crippen LogP contribution in [0.5, 0.6) is 0 Å². The summed E-state index contributed by atoms with van der Waals surface area (Å²) >= 11 is 0. The summed E-state index contributed by atoms with van der Waals surface area (Å²) < 4.78 is 29.7. The van der Waals surface area contributed by atoms with Crippen molar-refractivity contribution in [3.05, 3.63) is 52.3 Å². The Balaban J connectivity index is 1.53. The lowest BCUT2D eigenvalue weighted by atomic mass is 9.98. The quantitative estimate of drug-likeness (QED) is 0.919. The van der Waals surface area contributed by atoms with Crippen LogP contribution in [0.15, 0.2) is 18.2 Å². The van der Waals surface area contributed by atoms with Crippen LogP contribution in [0.3, 0.4) is 0 Å². The molecule has 1 aromatic carbocycles. The number of halogens is 2. The molecule has 0 saturated carbocycles. The third-order valence-corrected chi connectivity index (χ3v) is 4.48. The predicted molar refractivity (Wildman–Crippen MR) is 78.1 cm³/mol. The van der Waals surface area contributed by atoms with E-state index in [0.29, 0.717) is 30.6 Å². The SMILES string of the molecule is Fc1ccc(F)c2c1CCN(Cc1cc3n(n1)CCNC3)C2. The molecule has 1 aromatic heterocycles. The maximum Gasteiger partial charge on any atom is 0.128 e. The van der Waals surface area contributed by atoms with Gasteiger partial charge in [-0.05, 0) is 30.2 Å². The Morgan fingerprint density at radius 1 is 1.14 bits per heavy atom. The molecule has 4 rings (SSSR count). The topological polar surface area (TPSA) is 33.1 Å². The molecular weight excluding hydrogens is 286 g/mol. The first-order chi connectivity index (χ1) is 10.7. The minimum absolute atomic E-state index is 0.292. The van der Waals surface area contributed by atoms with E-state index in [9.17, 15) is 8.78 Å². The second-order valence-electron chi connectivity index (χ2n) is 5.97. The van der Waals surface area contributed by atoms with Gasteiger partial charge in [-0.25, -0.2) is 8.78 Å². The van der Waals surface area contributed by atoms with Crippen molar-refractivity contribution in [2.75, 3.05) is 13.1 Å². The second kappa shape index (κ2) is 5.44. The van der Waals surface area contributed by atoms with E-state index in [1.807, 2.05) is 4.68 Å². The van der Waals surface area contributed by atoms with Crippen LogP contribution in [0.2, 0.25) is 0 Å². The van der Waals surface area contributed by atoms with Gasteiger partial charge in [-0.1, -0.05) is 0 Å². The van der Waals surface area contributed by atoms with E-state index in [4.69, 9.17) is 0 Å². The first kappa shape index (κ1) is 13.8. The summed E-state index contributed by atoms with van der Waals surface area (Å²) in [5, 5.41) is 7.93. The average Bonchev–Trinajstić information content (AvgIpc) is 2.93. The molecule has 2 aromatic rings. The highest BCUT2D eigenvalue weighted by molar-refractivity contribution is 5.32. The van der Waals surface area contributed by atoms with E-state index in [1.54, 1.807) is 0 Å². The molecule has 0 radical (unpaired) electrons. The maximum absolute atomic E-state index is 13.9. The van der Waals surface area contributed by atoms with Crippen molar-refractivity contribution >= 4 is 0 Å². The molecular formula is C16H18F2N4. The van der Waals surface area contributed by atoms with E-state index in [-0.39, 0.29) is 11.6 Å². The first-order valence-corrected chi connectivity index (χ1v) is 7.65. The molecule has 0 unspecified atom stereocenters. The smallest absolute Gasteiger partial charge is 0.128 e. The van der Waals surface area contributed by atoms with Crippen LogP contribution in [0.25, 0.3) is 0 Å². The van der Waals surface area contributed by atoms with E-state index in [0.717, 1.165) is 31.9 Å². The maximum atomic E-state index is 13.9. The summed E-state index contributed by atoms with van der Waals surface area (Å²) in [5.74, 6) is -0.603. The van der Waals surface area contributed by atoms with Crippen LogP contribution < -0.4 is 5.32 Å². The number of aromatic nitrogens is 2. The van der Waals surface area contributed by atoms with Gasteiger partial charge in [-0.3, -0.25) is 9.58 Å². The summed E-state index contributed by atoms with van der Waals surface area (Å²) in [4.78, 5) is 2.13. The molecule has 2 aliphatic rings. The molecule has 22 heavy (non-hydrogen) atoms. The van der Waals surface area contributed by atoms with Gasteiger partial charge in [0.25, 0.3) is 0 Å². The molecule has 0 bridgehead atoms. The van der Waals surface area contributed by atoms with Crippen LogP contribution in [-0.2, 0) is 32.6 Å². The molecule has 0 amide bonds. The Kier molecular flexibility index (Phi) is 3.43. The molecule has 0 saturated heterocycles. The molecule has 116 valence electrons. The predicted octanol–water partition coefficient (Wildman–Crippen LogP) is 1.82. The number of fused-ring (bicyclic) bond motifs is 2. The average molecular weight is 304 g/mol. The minimum atomic E-state index is -0.311. The number of benzene rings is 1. The zero-order valence-electron chi connectivity index (χ0n) is 12.3. The Labute approximate surface area is 127 Å². The normalized spacial score (nSPS) is 18.1. The summed E-state index contributed by atoms with van der Waals surface area (Å²) in [5.41, 5.74) is 3.22. The third-order valence-electron chi connectivity index (χ3n) is 4.48. The van der Waals surface area contributed by atoms with Crippen molar-refractivity contribution in [1.82, 2.24) is 20.0 Å². The standard InChI is InChI=1S/C16H18F2N4/c17-15-1-2-16(18)14-10-21(5-3-13(14)15)9-11-7-12-8-19-4-6-22(12)20-11/h1-2,7,19H,3-6,8-10H2. The fraction of sp³-hybridized carbons (Fsp3) is 0.438. The van der Waals surface area contributed by atoms with Gasteiger partial charge >= 0.3 is 0 Å². The van der Waals surface area contributed by atoms with Crippen LogP contribution in [0.4, 0.5) is 8.78 Å². The number of hydrogen-bond acceptors (Lipinski definition) is 3. The number of hydrogen-bond donors (Lipinski definition) is 1. The number of nitrogens with zero attached hydrogens (tertiary/aromatic N) is 3. The van der Waals surface area contributed by atoms with Gasteiger partial charge in [0.15, 0.2) is 0 Å². The largest absolute Gasteiger partial charge is 0.309 e. The van der Waals surface area contributed by atoms with E-state index in [1.165, 1.54) is 17.8 Å². The van der Waals surface area contributed by atoms with Gasteiger partial charge in [0.1, 0.15) is 11.6 Å². The molecule has 0 spiro atoms. The Hall–Kier alpha value is -1.79. The first-order valence-electron chi connectivity index (χ1n) is 7.65. The van der Waals surface area contributed by atoms with Crippen molar-refractivity contribution in [1.29, 1.82) is 0 Å². The van der Waals surface area contributed by atoms with E-state index in [2.05, 4.69) is 21.4 Å². The van der Waals surface area contributed by atoms with Gasteiger partial charge in [-0.15, -0.1) is 0 Å². The molecule has 1 N–H and O–H groups in total. The van der Waals surface area contributed by atoms with Crippen LogP contribution >= 0.6 is 0 Å². The van der Waals surface area contributed by atoms with E-state index < -0.39 is 0 Å². The van der Waals surface area contributed by atoms with Gasteiger partial charge in [0, 0.05) is 38.3 Å². The van der Waals surface area contributed by atoms with Crippen LogP contribution in [0, 0.1) is 11.6 Å². The van der Waals surface area contributed by atoms with Crippen molar-refractivity contribution in [3.63, 3.8) is 0 Å². The lowest BCUT2D eigenvalue weighted by Gasteiger charge is -2.28. The summed E-state index contributed by atoms with van der Waals surface area (Å²) in [6, 6.07) is 4.54. The monoisotopic (exact) mass is 304 g/mol. The zero-order valence-corrected chi connectivity index (χ0v) is 12.3. The molecule has 2 aliphatic heterocycles. The molecule has 3 heterocycles. The van der Waals surface area contributed by atoms with Gasteiger partial charge in [0.05, 0.1) is 17.9 Å². The lowest BCUT2D eigenvalue weighted by molar-refractivity contribution is 0.234.